The van der Waals surface area contributed by atoms with Crippen LogP contribution in [0.1, 0.15) is 11.1 Å². The van der Waals surface area contributed by atoms with E-state index in [1.807, 2.05) is 42.5 Å². The van der Waals surface area contributed by atoms with E-state index >= 15 is 0 Å². The van der Waals surface area contributed by atoms with Crippen LogP contribution in [0.25, 0.3) is 11.3 Å². The molecule has 3 rings (SSSR count). The summed E-state index contributed by atoms with van der Waals surface area (Å²) in [6.07, 6.45) is -3.19. The quantitative estimate of drug-likeness (QED) is 0.450. The molecule has 0 bridgehead atoms. The van der Waals surface area contributed by atoms with Crippen LogP contribution in [-0.4, -0.2) is 11.7 Å². The lowest BCUT2D eigenvalue weighted by molar-refractivity contribution is -0.138. The normalized spacial score (nSPS) is 11.6. The van der Waals surface area contributed by atoms with Crippen LogP contribution in [0, 0.1) is 3.57 Å². The van der Waals surface area contributed by atoms with Gasteiger partial charge in [-0.15, -0.1) is 0 Å². The van der Waals surface area contributed by atoms with Crippen LogP contribution >= 0.6 is 22.6 Å². The van der Waals surface area contributed by atoms with Crippen LogP contribution < -0.4 is 4.74 Å². The molecular weight excluding hydrogens is 442 g/mol. The van der Waals surface area contributed by atoms with Gasteiger partial charge in [0, 0.05) is 12.7 Å². The minimum atomic E-state index is -4.38. The molecule has 6 heteroatoms. The fourth-order valence-electron chi connectivity index (χ4n) is 2.67. The first-order valence-electron chi connectivity index (χ1n) is 7.54. The molecule has 2 nitrogen and oxygen atoms in total. The molecule has 1 aromatic heterocycles. The highest BCUT2D eigenvalue weighted by atomic mass is 127. The van der Waals surface area contributed by atoms with Crippen molar-refractivity contribution in [1.29, 1.82) is 0 Å². The lowest BCUT2D eigenvalue weighted by Gasteiger charge is -2.11. The molecule has 0 aliphatic carbocycles. The first-order chi connectivity index (χ1) is 11.9. The van der Waals surface area contributed by atoms with Crippen molar-refractivity contribution in [2.75, 3.05) is 7.11 Å². The van der Waals surface area contributed by atoms with Gasteiger partial charge in [-0.25, -0.2) is 0 Å². The van der Waals surface area contributed by atoms with Gasteiger partial charge >= 0.3 is 6.18 Å². The Morgan fingerprint density at radius 2 is 1.64 bits per heavy atom. The average molecular weight is 457 g/mol. The van der Waals surface area contributed by atoms with E-state index in [9.17, 15) is 13.2 Å². The Labute approximate surface area is 157 Å². The molecule has 0 saturated carbocycles. The van der Waals surface area contributed by atoms with E-state index in [2.05, 4.69) is 0 Å². The zero-order valence-electron chi connectivity index (χ0n) is 13.3. The highest BCUT2D eigenvalue weighted by Gasteiger charge is 2.36. The van der Waals surface area contributed by atoms with Crippen LogP contribution in [0.15, 0.2) is 60.8 Å². The zero-order valence-corrected chi connectivity index (χ0v) is 15.5. The maximum Gasteiger partial charge on any atom is 0.418 e. The van der Waals surface area contributed by atoms with E-state index in [0.29, 0.717) is 18.0 Å². The third-order valence-electron chi connectivity index (χ3n) is 3.88. The molecule has 0 fully saturated rings. The van der Waals surface area contributed by atoms with Crippen molar-refractivity contribution in [1.82, 2.24) is 4.57 Å². The first-order valence-corrected chi connectivity index (χ1v) is 8.62. The summed E-state index contributed by atoms with van der Waals surface area (Å²) in [4.78, 5) is 0. The second kappa shape index (κ2) is 7.11. The molecular formula is C19H15F3INO. The van der Waals surface area contributed by atoms with Crippen LogP contribution in [-0.2, 0) is 12.7 Å². The van der Waals surface area contributed by atoms with Gasteiger partial charge in [0.25, 0.3) is 0 Å². The van der Waals surface area contributed by atoms with Gasteiger partial charge in [0.15, 0.2) is 0 Å². The molecule has 0 N–H and O–H groups in total. The van der Waals surface area contributed by atoms with Crippen LogP contribution in [0.5, 0.6) is 5.75 Å². The fourth-order valence-corrected chi connectivity index (χ4v) is 3.74. The van der Waals surface area contributed by atoms with E-state index in [0.717, 1.165) is 11.1 Å². The summed E-state index contributed by atoms with van der Waals surface area (Å²) in [6, 6.07) is 16.4. The van der Waals surface area contributed by atoms with Crippen molar-refractivity contribution in [2.45, 2.75) is 12.7 Å². The number of ether oxygens (including phenoxy) is 1. The van der Waals surface area contributed by atoms with Crippen molar-refractivity contribution >= 4 is 22.6 Å². The lowest BCUT2D eigenvalue weighted by Crippen LogP contribution is -2.05. The summed E-state index contributed by atoms with van der Waals surface area (Å²) in [5.41, 5.74) is 1.62. The molecule has 0 spiro atoms. The van der Waals surface area contributed by atoms with Crippen molar-refractivity contribution in [3.05, 3.63) is 75.5 Å². The monoisotopic (exact) mass is 457 g/mol. The van der Waals surface area contributed by atoms with E-state index in [-0.39, 0.29) is 3.57 Å². The fraction of sp³-hybridized carbons (Fsp3) is 0.158. The molecule has 0 amide bonds. The van der Waals surface area contributed by atoms with Crippen molar-refractivity contribution < 1.29 is 17.9 Å². The summed E-state index contributed by atoms with van der Waals surface area (Å²) < 4.78 is 47.1. The Hall–Kier alpha value is -1.96. The number of nitrogens with zero attached hydrogens (tertiary/aromatic N) is 1. The summed E-state index contributed by atoms with van der Waals surface area (Å²) in [6.45, 7) is 0.348. The van der Waals surface area contributed by atoms with E-state index in [1.165, 1.54) is 6.20 Å². The number of benzene rings is 2. The highest BCUT2D eigenvalue weighted by molar-refractivity contribution is 14.1. The van der Waals surface area contributed by atoms with E-state index in [4.69, 9.17) is 4.74 Å². The molecule has 0 aliphatic heterocycles. The standard InChI is InChI=1S/C19H15F3INO/c1-25-15-9-7-13(8-10-15)11-24-12-16(19(20,21)22)17(23)18(24)14-5-3-2-4-6-14/h2-10,12H,11H2,1H3. The summed E-state index contributed by atoms with van der Waals surface area (Å²) in [5, 5.41) is 0. The first kappa shape index (κ1) is 17.8. The Kier molecular flexibility index (Phi) is 5.08. The Morgan fingerprint density at radius 3 is 2.20 bits per heavy atom. The highest BCUT2D eigenvalue weighted by Crippen LogP contribution is 2.39. The number of aromatic nitrogens is 1. The molecule has 2 aromatic carbocycles. The van der Waals surface area contributed by atoms with Gasteiger partial charge in [0.1, 0.15) is 5.75 Å². The molecule has 0 unspecified atom stereocenters. The third kappa shape index (κ3) is 3.84. The number of methoxy groups -OCH3 is 1. The van der Waals surface area contributed by atoms with Gasteiger partial charge < -0.3 is 9.30 Å². The zero-order chi connectivity index (χ0) is 18.0. The molecule has 0 aliphatic rings. The minimum absolute atomic E-state index is 0.213. The Balaban J connectivity index is 2.07. The number of rotatable bonds is 4. The smallest absolute Gasteiger partial charge is 0.418 e. The summed E-state index contributed by atoms with van der Waals surface area (Å²) >= 11 is 1.78. The van der Waals surface area contributed by atoms with Gasteiger partial charge in [0.05, 0.1) is 21.9 Å². The molecule has 0 atom stereocenters. The van der Waals surface area contributed by atoms with Crippen LogP contribution in [0.4, 0.5) is 13.2 Å². The topological polar surface area (TPSA) is 14.2 Å². The maximum absolute atomic E-state index is 13.4. The summed E-state index contributed by atoms with van der Waals surface area (Å²) in [7, 11) is 1.58. The molecule has 1 heterocycles. The molecule has 130 valence electrons. The summed E-state index contributed by atoms with van der Waals surface area (Å²) in [5.74, 6) is 0.713. The van der Waals surface area contributed by atoms with Gasteiger partial charge in [-0.3, -0.25) is 0 Å². The van der Waals surface area contributed by atoms with Gasteiger partial charge in [-0.2, -0.15) is 13.2 Å². The number of hydrogen-bond donors (Lipinski definition) is 0. The van der Waals surface area contributed by atoms with E-state index < -0.39 is 11.7 Å². The average Bonchev–Trinajstić information content (AvgIpc) is 2.93. The van der Waals surface area contributed by atoms with Crippen molar-refractivity contribution in [2.24, 2.45) is 0 Å². The molecule has 0 saturated heterocycles. The molecule has 25 heavy (non-hydrogen) atoms. The molecule has 0 radical (unpaired) electrons. The Bertz CT molecular complexity index is 855. The van der Waals surface area contributed by atoms with Gasteiger partial charge in [-0.1, -0.05) is 42.5 Å². The Morgan fingerprint density at radius 1 is 1.00 bits per heavy atom. The van der Waals surface area contributed by atoms with Gasteiger partial charge in [-0.05, 0) is 45.9 Å². The van der Waals surface area contributed by atoms with Crippen LogP contribution in [0.3, 0.4) is 0 Å². The largest absolute Gasteiger partial charge is 0.497 e. The predicted octanol–water partition coefficient (Wildman–Crippen LogP) is 5.84. The maximum atomic E-state index is 13.4. The van der Waals surface area contributed by atoms with Crippen molar-refractivity contribution in [3.8, 4) is 17.0 Å². The van der Waals surface area contributed by atoms with Crippen LogP contribution in [0.2, 0.25) is 0 Å². The van der Waals surface area contributed by atoms with Crippen molar-refractivity contribution in [3.63, 3.8) is 0 Å². The number of halogens is 4. The lowest BCUT2D eigenvalue weighted by atomic mass is 10.1. The number of hydrogen-bond acceptors (Lipinski definition) is 1. The molecule has 3 aromatic rings. The second-order valence-corrected chi connectivity index (χ2v) is 6.62. The third-order valence-corrected chi connectivity index (χ3v) is 4.97. The van der Waals surface area contributed by atoms with E-state index in [1.54, 1.807) is 46.4 Å². The number of alkyl halides is 3. The SMILES string of the molecule is COc1ccc(Cn2cc(C(F)(F)F)c(I)c2-c2ccccc2)cc1. The van der Waals surface area contributed by atoms with Gasteiger partial charge in [0.2, 0.25) is 0 Å². The predicted molar refractivity (Wildman–Crippen MR) is 99.7 cm³/mol. The second-order valence-electron chi connectivity index (χ2n) is 5.55. The minimum Gasteiger partial charge on any atom is -0.497 e.